The van der Waals surface area contributed by atoms with Gasteiger partial charge in [0.15, 0.2) is 17.1 Å². The highest BCUT2D eigenvalue weighted by Crippen LogP contribution is 2.40. The van der Waals surface area contributed by atoms with E-state index in [9.17, 15) is 13.6 Å². The highest BCUT2D eigenvalue weighted by molar-refractivity contribution is 5.93. The van der Waals surface area contributed by atoms with Gasteiger partial charge in [-0.2, -0.15) is 9.61 Å². The average Bonchev–Trinajstić information content (AvgIpc) is 3.29. The minimum atomic E-state index is -1.01. The Kier molecular flexibility index (Phi) is 4.60. The first-order chi connectivity index (χ1) is 15.0. The highest BCUT2D eigenvalue weighted by Gasteiger charge is 2.38. The molecule has 1 saturated carbocycles. The van der Waals surface area contributed by atoms with Crippen molar-refractivity contribution >= 4 is 34.7 Å². The number of carbonyl (C=O) groups is 1. The number of halogens is 2. The van der Waals surface area contributed by atoms with Crippen LogP contribution in [0.2, 0.25) is 0 Å². The largest absolute Gasteiger partial charge is 0.486 e. The van der Waals surface area contributed by atoms with E-state index < -0.39 is 24.1 Å². The highest BCUT2D eigenvalue weighted by atomic mass is 19.1. The Morgan fingerprint density at radius 3 is 2.81 bits per heavy atom. The van der Waals surface area contributed by atoms with Crippen LogP contribution in [0.5, 0.6) is 11.5 Å². The molecule has 10 nitrogen and oxygen atoms in total. The second-order valence-corrected chi connectivity index (χ2v) is 7.13. The van der Waals surface area contributed by atoms with Crippen LogP contribution in [0.3, 0.4) is 0 Å². The molecule has 1 aromatic carbocycles. The van der Waals surface area contributed by atoms with Crippen molar-refractivity contribution in [2.45, 2.75) is 18.6 Å². The number of amides is 2. The van der Waals surface area contributed by atoms with Gasteiger partial charge < -0.3 is 30.7 Å². The van der Waals surface area contributed by atoms with Gasteiger partial charge in [-0.3, -0.25) is 0 Å². The van der Waals surface area contributed by atoms with E-state index in [-0.39, 0.29) is 0 Å². The molecule has 0 bridgehead atoms. The van der Waals surface area contributed by atoms with Crippen molar-refractivity contribution < 1.29 is 23.0 Å². The van der Waals surface area contributed by atoms with Crippen molar-refractivity contribution in [2.24, 2.45) is 0 Å². The lowest BCUT2D eigenvalue weighted by Gasteiger charge is -2.21. The summed E-state index contributed by atoms with van der Waals surface area (Å²) >= 11 is 0. The Balaban J connectivity index is 1.47. The quantitative estimate of drug-likeness (QED) is 0.491. The molecular formula is C19H19F2N7O3. The van der Waals surface area contributed by atoms with E-state index in [2.05, 4.69) is 31.3 Å². The second kappa shape index (κ2) is 7.45. The minimum absolute atomic E-state index is 0.304. The normalized spacial score (nSPS) is 19.1. The Morgan fingerprint density at radius 2 is 2.03 bits per heavy atom. The molecule has 2 amide bonds. The van der Waals surface area contributed by atoms with Gasteiger partial charge >= 0.3 is 6.03 Å². The summed E-state index contributed by atoms with van der Waals surface area (Å²) in [4.78, 5) is 16.6. The maximum absolute atomic E-state index is 14.0. The van der Waals surface area contributed by atoms with Crippen LogP contribution in [-0.2, 0) is 0 Å². The molecule has 0 unspecified atom stereocenters. The van der Waals surface area contributed by atoms with Gasteiger partial charge in [-0.1, -0.05) is 0 Å². The molecule has 1 aliphatic heterocycles. The fraction of sp³-hybridized carbons (Fsp3) is 0.316. The molecule has 0 spiro atoms. The third-order valence-corrected chi connectivity index (χ3v) is 4.87. The fourth-order valence-corrected chi connectivity index (χ4v) is 3.28. The van der Waals surface area contributed by atoms with Gasteiger partial charge in [0, 0.05) is 31.7 Å². The molecule has 0 saturated heterocycles. The smallest absolute Gasteiger partial charge is 0.319 e. The van der Waals surface area contributed by atoms with E-state index in [1.165, 1.54) is 22.8 Å². The standard InChI is InChI=1S/C19H19F2N7O3/c1-22-16-7-15(24-12-4-9(20)5-14-17(12)31-3-2-30-14)27-18-13(8-23-28(16)18)26-19(29)25-11-6-10(11)21/h4-5,7-8,10-11,22H,2-3,6H2,1H3,(H,24,27)(H2,25,26,29)/t10-,11+/m0/s1. The predicted molar refractivity (Wildman–Crippen MR) is 109 cm³/mol. The van der Waals surface area contributed by atoms with E-state index in [1.54, 1.807) is 13.1 Å². The number of fused-ring (bicyclic) bond motifs is 2. The first-order valence-electron chi connectivity index (χ1n) is 9.66. The molecule has 3 heterocycles. The van der Waals surface area contributed by atoms with Crippen LogP contribution in [0.25, 0.3) is 5.65 Å². The Morgan fingerprint density at radius 1 is 1.23 bits per heavy atom. The van der Waals surface area contributed by atoms with E-state index in [0.29, 0.717) is 59.8 Å². The predicted octanol–water partition coefficient (Wildman–Crippen LogP) is 2.66. The van der Waals surface area contributed by atoms with Gasteiger partial charge in [-0.05, 0) is 0 Å². The van der Waals surface area contributed by atoms with Crippen LogP contribution in [0.1, 0.15) is 6.42 Å². The monoisotopic (exact) mass is 431 g/mol. The van der Waals surface area contributed by atoms with Crippen LogP contribution in [0, 0.1) is 5.82 Å². The zero-order chi connectivity index (χ0) is 21.5. The molecule has 4 N–H and O–H groups in total. The van der Waals surface area contributed by atoms with Crippen molar-refractivity contribution in [3.63, 3.8) is 0 Å². The zero-order valence-electron chi connectivity index (χ0n) is 16.4. The van der Waals surface area contributed by atoms with Crippen LogP contribution in [0.15, 0.2) is 24.4 Å². The number of ether oxygens (including phenoxy) is 2. The summed E-state index contributed by atoms with van der Waals surface area (Å²) in [6, 6.07) is 3.19. The molecule has 2 atom stereocenters. The van der Waals surface area contributed by atoms with Gasteiger partial charge in [0.05, 0.1) is 17.9 Å². The third kappa shape index (κ3) is 3.71. The van der Waals surface area contributed by atoms with E-state index in [4.69, 9.17) is 9.47 Å². The molecule has 3 aromatic rings. The van der Waals surface area contributed by atoms with E-state index >= 15 is 0 Å². The molecule has 2 aromatic heterocycles. The summed E-state index contributed by atoms with van der Waals surface area (Å²) in [6.45, 7) is 0.676. The first-order valence-corrected chi connectivity index (χ1v) is 9.66. The van der Waals surface area contributed by atoms with E-state index in [1.807, 2.05) is 0 Å². The Bertz CT molecular complexity index is 1170. The summed E-state index contributed by atoms with van der Waals surface area (Å²) in [5, 5.41) is 15.4. The van der Waals surface area contributed by atoms with Crippen molar-refractivity contribution in [3.8, 4) is 11.5 Å². The number of urea groups is 1. The number of nitrogens with one attached hydrogen (secondary N) is 4. The SMILES string of the molecule is CNc1cc(Nc2cc(F)cc3c2OCCO3)nc2c(NC(=O)N[C@@H]3C[C@@H]3F)cnn12. The molecule has 5 rings (SSSR count). The van der Waals surface area contributed by atoms with Crippen molar-refractivity contribution in [1.29, 1.82) is 0 Å². The lowest BCUT2D eigenvalue weighted by Crippen LogP contribution is -2.31. The number of hydrogen-bond acceptors (Lipinski definition) is 7. The van der Waals surface area contributed by atoms with Crippen molar-refractivity contribution in [2.75, 3.05) is 36.2 Å². The average molecular weight is 431 g/mol. The molecular weight excluding hydrogens is 412 g/mol. The summed E-state index contributed by atoms with van der Waals surface area (Å²) in [5.41, 5.74) is 1.01. The fourth-order valence-electron chi connectivity index (χ4n) is 3.28. The molecule has 1 fully saturated rings. The summed E-state index contributed by atoms with van der Waals surface area (Å²) in [5.74, 6) is 1.12. The minimum Gasteiger partial charge on any atom is -0.486 e. The van der Waals surface area contributed by atoms with Crippen molar-refractivity contribution in [1.82, 2.24) is 19.9 Å². The molecule has 1 aliphatic carbocycles. The summed E-state index contributed by atoms with van der Waals surface area (Å²) < 4.78 is 39.7. The zero-order valence-corrected chi connectivity index (χ0v) is 16.4. The van der Waals surface area contributed by atoms with Gasteiger partial charge in [0.25, 0.3) is 0 Å². The number of benzene rings is 1. The number of alkyl halides is 1. The number of hydrogen-bond donors (Lipinski definition) is 4. The lowest BCUT2D eigenvalue weighted by atomic mass is 10.2. The van der Waals surface area contributed by atoms with Crippen LogP contribution in [-0.4, -0.2) is 53.1 Å². The molecule has 31 heavy (non-hydrogen) atoms. The molecule has 12 heteroatoms. The number of rotatable bonds is 5. The number of aromatic nitrogens is 3. The van der Waals surface area contributed by atoms with Gasteiger partial charge in [0.1, 0.15) is 42.5 Å². The first kappa shape index (κ1) is 19.2. The number of anilines is 4. The molecule has 2 aliphatic rings. The lowest BCUT2D eigenvalue weighted by molar-refractivity contribution is 0.172. The number of nitrogens with zero attached hydrogens (tertiary/aromatic N) is 3. The van der Waals surface area contributed by atoms with Gasteiger partial charge in [-0.15, -0.1) is 0 Å². The second-order valence-electron chi connectivity index (χ2n) is 7.13. The summed E-state index contributed by atoms with van der Waals surface area (Å²) in [6.07, 6.45) is 0.734. The maximum Gasteiger partial charge on any atom is 0.319 e. The third-order valence-electron chi connectivity index (χ3n) is 4.87. The van der Waals surface area contributed by atoms with Gasteiger partial charge in [0.2, 0.25) is 0 Å². The number of carbonyl (C=O) groups excluding carboxylic acids is 1. The molecule has 162 valence electrons. The van der Waals surface area contributed by atoms with Crippen molar-refractivity contribution in [3.05, 3.63) is 30.2 Å². The Hall–Kier alpha value is -3.83. The van der Waals surface area contributed by atoms with E-state index in [0.717, 1.165) is 0 Å². The summed E-state index contributed by atoms with van der Waals surface area (Å²) in [7, 11) is 1.70. The topological polar surface area (TPSA) is 114 Å². The molecule has 0 radical (unpaired) electrons. The van der Waals surface area contributed by atoms with Crippen LogP contribution >= 0.6 is 0 Å². The Labute approximate surface area is 174 Å². The van der Waals surface area contributed by atoms with Crippen LogP contribution in [0.4, 0.5) is 36.6 Å². The van der Waals surface area contributed by atoms with Gasteiger partial charge in [-0.25, -0.2) is 18.6 Å². The van der Waals surface area contributed by atoms with Crippen LogP contribution < -0.4 is 30.7 Å². The maximum atomic E-state index is 14.0.